The first kappa shape index (κ1) is 8.68. The van der Waals surface area contributed by atoms with Crippen LogP contribution in [0.3, 0.4) is 0 Å². The second-order valence-corrected chi connectivity index (χ2v) is 4.54. The Morgan fingerprint density at radius 1 is 1.36 bits per heavy atom. The van der Waals surface area contributed by atoms with Crippen LogP contribution >= 0.6 is 0 Å². The van der Waals surface area contributed by atoms with Crippen molar-refractivity contribution < 1.29 is 9.53 Å². The zero-order valence-corrected chi connectivity index (χ0v) is 8.16. The molecule has 0 radical (unpaired) electrons. The molecule has 0 unspecified atom stereocenters. The molecular weight excluding hydrogens is 180 g/mol. The summed E-state index contributed by atoms with van der Waals surface area (Å²) in [7, 11) is 0. The number of rotatable bonds is 2. The number of carbonyl (C=O) groups excluding carboxylic acids is 1. The Hall–Kier alpha value is -0.610. The molecule has 0 aromatic rings. The Morgan fingerprint density at radius 2 is 2.21 bits per heavy atom. The normalized spacial score (nSPS) is 41.0. The maximum absolute atomic E-state index is 11.7. The van der Waals surface area contributed by atoms with Crippen LogP contribution in [0.15, 0.2) is 0 Å². The molecule has 2 saturated heterocycles. The van der Waals surface area contributed by atoms with Crippen molar-refractivity contribution in [1.82, 2.24) is 10.6 Å². The molecule has 2 N–H and O–H groups in total. The largest absolute Gasteiger partial charge is 0.376 e. The van der Waals surface area contributed by atoms with Crippen LogP contribution in [0.2, 0.25) is 0 Å². The van der Waals surface area contributed by atoms with E-state index in [2.05, 4.69) is 10.6 Å². The molecule has 78 valence electrons. The topological polar surface area (TPSA) is 50.4 Å². The Kier molecular flexibility index (Phi) is 1.99. The van der Waals surface area contributed by atoms with Crippen molar-refractivity contribution in [3.05, 3.63) is 0 Å². The lowest BCUT2D eigenvalue weighted by molar-refractivity contribution is -0.123. The van der Waals surface area contributed by atoms with E-state index in [9.17, 15) is 4.79 Å². The summed E-state index contributed by atoms with van der Waals surface area (Å²) in [6.45, 7) is 0.847. The van der Waals surface area contributed by atoms with Gasteiger partial charge in [0.2, 0.25) is 5.91 Å². The Balaban J connectivity index is 1.56. The smallest absolute Gasteiger partial charge is 0.237 e. The molecule has 3 fully saturated rings. The van der Waals surface area contributed by atoms with Crippen LogP contribution < -0.4 is 10.6 Å². The van der Waals surface area contributed by atoms with Gasteiger partial charge in [0.1, 0.15) is 0 Å². The Morgan fingerprint density at radius 3 is 2.93 bits per heavy atom. The molecule has 1 saturated carbocycles. The van der Waals surface area contributed by atoms with Gasteiger partial charge in [-0.2, -0.15) is 0 Å². The van der Waals surface area contributed by atoms with Crippen LogP contribution in [-0.2, 0) is 9.53 Å². The van der Waals surface area contributed by atoms with Crippen LogP contribution in [0, 0.1) is 0 Å². The van der Waals surface area contributed by atoms with Crippen LogP contribution in [0.1, 0.15) is 25.7 Å². The molecule has 0 spiro atoms. The molecule has 4 nitrogen and oxygen atoms in total. The van der Waals surface area contributed by atoms with Crippen molar-refractivity contribution >= 4 is 5.91 Å². The van der Waals surface area contributed by atoms with Crippen LogP contribution in [0.25, 0.3) is 0 Å². The molecule has 4 heteroatoms. The zero-order chi connectivity index (χ0) is 9.54. The van der Waals surface area contributed by atoms with Gasteiger partial charge in [-0.3, -0.25) is 4.79 Å². The van der Waals surface area contributed by atoms with Crippen molar-refractivity contribution in [2.24, 2.45) is 0 Å². The number of carbonyl (C=O) groups is 1. The van der Waals surface area contributed by atoms with Gasteiger partial charge in [0.25, 0.3) is 0 Å². The van der Waals surface area contributed by atoms with E-state index in [1.165, 1.54) is 0 Å². The molecule has 3 atom stereocenters. The highest BCUT2D eigenvalue weighted by Crippen LogP contribution is 2.26. The van der Waals surface area contributed by atoms with E-state index in [0.717, 1.165) is 32.3 Å². The predicted molar refractivity (Wildman–Crippen MR) is 50.9 cm³/mol. The quantitative estimate of drug-likeness (QED) is 0.642. The van der Waals surface area contributed by atoms with E-state index in [-0.39, 0.29) is 18.1 Å². The summed E-state index contributed by atoms with van der Waals surface area (Å²) in [4.78, 5) is 11.7. The van der Waals surface area contributed by atoms with Gasteiger partial charge in [-0.1, -0.05) is 0 Å². The molecule has 3 rings (SSSR count). The fourth-order valence-electron chi connectivity index (χ4n) is 2.34. The SMILES string of the molecule is O=C(NC1CC1)[C@H]1C[C@H]2OCC[C@H]2N1. The van der Waals surface area contributed by atoms with Crippen molar-refractivity contribution in [3.8, 4) is 0 Å². The molecule has 0 aromatic carbocycles. The standard InChI is InChI=1S/C10H16N2O2/c13-10(11-6-1-2-6)8-5-9-7(12-8)3-4-14-9/h6-9,12H,1-5H2,(H,11,13)/t7-,8-,9-/m1/s1. The summed E-state index contributed by atoms with van der Waals surface area (Å²) in [5, 5.41) is 6.38. The minimum atomic E-state index is -0.00843. The van der Waals surface area contributed by atoms with Gasteiger partial charge in [0.15, 0.2) is 0 Å². The fourth-order valence-corrected chi connectivity index (χ4v) is 2.34. The summed E-state index contributed by atoms with van der Waals surface area (Å²) in [6.07, 6.45) is 4.50. The van der Waals surface area contributed by atoms with Crippen LogP contribution in [0.5, 0.6) is 0 Å². The molecule has 0 aromatic heterocycles. The maximum atomic E-state index is 11.7. The second-order valence-electron chi connectivity index (χ2n) is 4.54. The molecular formula is C10H16N2O2. The minimum absolute atomic E-state index is 0.00843. The lowest BCUT2D eigenvalue weighted by Crippen LogP contribution is -2.43. The highest BCUT2D eigenvalue weighted by Gasteiger charge is 2.41. The summed E-state index contributed by atoms with van der Waals surface area (Å²) in [6, 6.07) is 0.876. The van der Waals surface area contributed by atoms with E-state index < -0.39 is 0 Å². The molecule has 3 aliphatic rings. The van der Waals surface area contributed by atoms with Crippen molar-refractivity contribution in [3.63, 3.8) is 0 Å². The summed E-state index contributed by atoms with van der Waals surface area (Å²) in [5.74, 6) is 0.172. The average molecular weight is 196 g/mol. The van der Waals surface area contributed by atoms with Gasteiger partial charge in [-0.25, -0.2) is 0 Å². The van der Waals surface area contributed by atoms with Crippen LogP contribution in [-0.4, -0.2) is 36.7 Å². The number of hydrogen-bond donors (Lipinski definition) is 2. The molecule has 0 bridgehead atoms. The van der Waals surface area contributed by atoms with Crippen molar-refractivity contribution in [2.45, 2.75) is 49.9 Å². The number of nitrogens with one attached hydrogen (secondary N) is 2. The highest BCUT2D eigenvalue weighted by molar-refractivity contribution is 5.82. The van der Waals surface area contributed by atoms with Gasteiger partial charge in [-0.05, 0) is 25.7 Å². The maximum Gasteiger partial charge on any atom is 0.237 e. The summed E-state index contributed by atoms with van der Waals surface area (Å²) in [5.41, 5.74) is 0. The number of fused-ring (bicyclic) bond motifs is 1. The first-order chi connectivity index (χ1) is 6.83. The fraction of sp³-hybridized carbons (Fsp3) is 0.900. The van der Waals surface area contributed by atoms with E-state index in [4.69, 9.17) is 4.74 Å². The average Bonchev–Trinajstić information content (AvgIpc) is 2.73. The van der Waals surface area contributed by atoms with Gasteiger partial charge in [0, 0.05) is 18.7 Å². The zero-order valence-electron chi connectivity index (χ0n) is 8.16. The Labute approximate surface area is 83.4 Å². The minimum Gasteiger partial charge on any atom is -0.376 e. The van der Waals surface area contributed by atoms with E-state index >= 15 is 0 Å². The van der Waals surface area contributed by atoms with E-state index in [1.807, 2.05) is 0 Å². The van der Waals surface area contributed by atoms with Gasteiger partial charge >= 0.3 is 0 Å². The lowest BCUT2D eigenvalue weighted by atomic mass is 10.1. The number of ether oxygens (including phenoxy) is 1. The molecule has 2 heterocycles. The molecule has 1 amide bonds. The first-order valence-electron chi connectivity index (χ1n) is 5.51. The monoisotopic (exact) mass is 196 g/mol. The third kappa shape index (κ3) is 1.53. The number of hydrogen-bond acceptors (Lipinski definition) is 3. The highest BCUT2D eigenvalue weighted by atomic mass is 16.5. The molecule has 2 aliphatic heterocycles. The van der Waals surface area contributed by atoms with Gasteiger partial charge < -0.3 is 15.4 Å². The molecule has 14 heavy (non-hydrogen) atoms. The predicted octanol–water partition coefficient (Wildman–Crippen LogP) is -0.216. The Bertz CT molecular complexity index is 241. The summed E-state index contributed by atoms with van der Waals surface area (Å²) < 4.78 is 5.54. The second kappa shape index (κ2) is 3.21. The number of amides is 1. The van der Waals surface area contributed by atoms with Crippen molar-refractivity contribution in [1.29, 1.82) is 0 Å². The third-order valence-electron chi connectivity index (χ3n) is 3.33. The van der Waals surface area contributed by atoms with E-state index in [0.29, 0.717) is 12.1 Å². The summed E-state index contributed by atoms with van der Waals surface area (Å²) >= 11 is 0. The van der Waals surface area contributed by atoms with Gasteiger partial charge in [0.05, 0.1) is 12.1 Å². The molecule has 1 aliphatic carbocycles. The van der Waals surface area contributed by atoms with Gasteiger partial charge in [-0.15, -0.1) is 0 Å². The third-order valence-corrected chi connectivity index (χ3v) is 3.33. The lowest BCUT2D eigenvalue weighted by Gasteiger charge is -2.12. The van der Waals surface area contributed by atoms with E-state index in [1.54, 1.807) is 0 Å². The van der Waals surface area contributed by atoms with Crippen molar-refractivity contribution in [2.75, 3.05) is 6.61 Å². The first-order valence-corrected chi connectivity index (χ1v) is 5.51. The van der Waals surface area contributed by atoms with Crippen LogP contribution in [0.4, 0.5) is 0 Å².